The molecule has 1 aromatic heterocycles. The van der Waals surface area contributed by atoms with E-state index in [2.05, 4.69) is 4.98 Å². The summed E-state index contributed by atoms with van der Waals surface area (Å²) in [7, 11) is 0. The summed E-state index contributed by atoms with van der Waals surface area (Å²) < 4.78 is 1.57. The first kappa shape index (κ1) is 9.45. The highest BCUT2D eigenvalue weighted by Gasteiger charge is 2.11. The van der Waals surface area contributed by atoms with Crippen molar-refractivity contribution in [3.05, 3.63) is 48.0 Å². The highest BCUT2D eigenvalue weighted by Crippen LogP contribution is 2.15. The van der Waals surface area contributed by atoms with Crippen LogP contribution in [0.2, 0.25) is 0 Å². The zero-order chi connectivity index (χ0) is 10.8. The van der Waals surface area contributed by atoms with Crippen molar-refractivity contribution in [1.82, 2.24) is 9.55 Å². The second-order valence-corrected chi connectivity index (χ2v) is 3.24. The third-order valence-electron chi connectivity index (χ3n) is 2.23. The first-order chi connectivity index (χ1) is 7.20. The van der Waals surface area contributed by atoms with E-state index in [-0.39, 0.29) is 5.69 Å². The van der Waals surface area contributed by atoms with Gasteiger partial charge in [-0.3, -0.25) is 4.57 Å². The highest BCUT2D eigenvalue weighted by atomic mass is 16.4. The van der Waals surface area contributed by atoms with Gasteiger partial charge in [-0.05, 0) is 18.6 Å². The van der Waals surface area contributed by atoms with Gasteiger partial charge in [0.2, 0.25) is 0 Å². The van der Waals surface area contributed by atoms with Gasteiger partial charge in [-0.15, -0.1) is 0 Å². The molecule has 15 heavy (non-hydrogen) atoms. The molecule has 1 heterocycles. The Balaban J connectivity index is 2.59. The highest BCUT2D eigenvalue weighted by molar-refractivity contribution is 5.86. The Morgan fingerprint density at radius 3 is 2.80 bits per heavy atom. The van der Waals surface area contributed by atoms with E-state index < -0.39 is 5.97 Å². The van der Waals surface area contributed by atoms with Gasteiger partial charge in [0.15, 0.2) is 5.69 Å². The van der Waals surface area contributed by atoms with Gasteiger partial charge in [0, 0.05) is 0 Å². The molecule has 0 bridgehead atoms. The fourth-order valence-corrected chi connectivity index (χ4v) is 1.48. The molecule has 0 spiro atoms. The number of carboxylic acids is 1. The molecule has 0 saturated carbocycles. The molecular weight excluding hydrogens is 192 g/mol. The smallest absolute Gasteiger partial charge is 0.354 e. The molecule has 2 rings (SSSR count). The first-order valence-corrected chi connectivity index (χ1v) is 4.52. The molecular formula is C11H10N2O2. The number of hydrogen-bond acceptors (Lipinski definition) is 2. The number of nitrogens with zero attached hydrogens (tertiary/aromatic N) is 2. The third kappa shape index (κ3) is 1.61. The molecule has 0 saturated heterocycles. The molecule has 0 fully saturated rings. The minimum Gasteiger partial charge on any atom is -0.477 e. The summed E-state index contributed by atoms with van der Waals surface area (Å²) >= 11 is 0. The van der Waals surface area contributed by atoms with E-state index in [1.54, 1.807) is 4.57 Å². The van der Waals surface area contributed by atoms with Crippen molar-refractivity contribution in [1.29, 1.82) is 0 Å². The Morgan fingerprint density at radius 1 is 1.40 bits per heavy atom. The van der Waals surface area contributed by atoms with Gasteiger partial charge in [-0.1, -0.05) is 18.2 Å². The van der Waals surface area contributed by atoms with Crippen LogP contribution in [-0.2, 0) is 0 Å². The topological polar surface area (TPSA) is 55.1 Å². The number of carbonyl (C=O) groups is 1. The average molecular weight is 202 g/mol. The fourth-order valence-electron chi connectivity index (χ4n) is 1.48. The normalized spacial score (nSPS) is 10.2. The molecule has 0 aliphatic heterocycles. The van der Waals surface area contributed by atoms with Crippen LogP contribution in [0.3, 0.4) is 0 Å². The third-order valence-corrected chi connectivity index (χ3v) is 2.23. The number of rotatable bonds is 2. The van der Waals surface area contributed by atoms with Crippen molar-refractivity contribution in [3.8, 4) is 5.69 Å². The van der Waals surface area contributed by atoms with E-state index in [1.807, 2.05) is 31.2 Å². The van der Waals surface area contributed by atoms with Gasteiger partial charge in [0.05, 0.1) is 18.2 Å². The number of carboxylic acid groups (broad SMARTS) is 1. The predicted octanol–water partition coefficient (Wildman–Crippen LogP) is 1.88. The molecule has 0 amide bonds. The number of imidazole rings is 1. The summed E-state index contributed by atoms with van der Waals surface area (Å²) in [6.45, 7) is 1.93. The maximum atomic E-state index is 10.9. The molecule has 0 atom stereocenters. The Morgan fingerprint density at radius 2 is 2.13 bits per heavy atom. The number of para-hydroxylation sites is 1. The van der Waals surface area contributed by atoms with Gasteiger partial charge >= 0.3 is 5.97 Å². The molecule has 1 N–H and O–H groups in total. The van der Waals surface area contributed by atoms with Crippen LogP contribution in [-0.4, -0.2) is 20.6 Å². The van der Waals surface area contributed by atoms with Crippen LogP contribution in [0.15, 0.2) is 36.8 Å². The summed E-state index contributed by atoms with van der Waals surface area (Å²) in [5.74, 6) is -0.976. The van der Waals surface area contributed by atoms with Crippen LogP contribution in [0.4, 0.5) is 0 Å². The summed E-state index contributed by atoms with van der Waals surface area (Å²) in [5, 5.41) is 8.95. The van der Waals surface area contributed by atoms with Crippen molar-refractivity contribution in [2.75, 3.05) is 0 Å². The SMILES string of the molecule is Cc1ccccc1-n1cncc1C(=O)O. The minimum absolute atomic E-state index is 0.171. The molecule has 1 aromatic carbocycles. The summed E-state index contributed by atoms with van der Waals surface area (Å²) in [4.78, 5) is 14.7. The Bertz CT molecular complexity index is 503. The molecule has 4 nitrogen and oxygen atoms in total. The summed E-state index contributed by atoms with van der Waals surface area (Å²) in [6.07, 6.45) is 2.85. The zero-order valence-corrected chi connectivity index (χ0v) is 8.21. The van der Waals surface area contributed by atoms with Crippen LogP contribution in [0.1, 0.15) is 16.1 Å². The van der Waals surface area contributed by atoms with Crippen molar-refractivity contribution in [3.63, 3.8) is 0 Å². The molecule has 4 heteroatoms. The maximum absolute atomic E-state index is 10.9. The lowest BCUT2D eigenvalue weighted by molar-refractivity contribution is 0.0688. The largest absolute Gasteiger partial charge is 0.477 e. The molecule has 0 aliphatic carbocycles. The quantitative estimate of drug-likeness (QED) is 0.808. The fraction of sp³-hybridized carbons (Fsp3) is 0.0909. The van der Waals surface area contributed by atoms with E-state index in [0.717, 1.165) is 11.3 Å². The van der Waals surface area contributed by atoms with Gasteiger partial charge in [-0.25, -0.2) is 9.78 Å². The van der Waals surface area contributed by atoms with Crippen molar-refractivity contribution in [2.45, 2.75) is 6.92 Å². The Hall–Kier alpha value is -2.10. The van der Waals surface area contributed by atoms with Crippen LogP contribution in [0.25, 0.3) is 5.69 Å². The van der Waals surface area contributed by atoms with E-state index in [1.165, 1.54) is 12.5 Å². The van der Waals surface area contributed by atoms with Gasteiger partial charge in [0.1, 0.15) is 0 Å². The lowest BCUT2D eigenvalue weighted by Gasteiger charge is -2.07. The van der Waals surface area contributed by atoms with E-state index in [0.29, 0.717) is 0 Å². The lowest BCUT2D eigenvalue weighted by atomic mass is 10.2. The molecule has 0 aliphatic rings. The number of aromatic carboxylic acids is 1. The van der Waals surface area contributed by atoms with Gasteiger partial charge in [0.25, 0.3) is 0 Å². The first-order valence-electron chi connectivity index (χ1n) is 4.52. The Labute approximate surface area is 86.8 Å². The molecule has 0 radical (unpaired) electrons. The van der Waals surface area contributed by atoms with Crippen LogP contribution < -0.4 is 0 Å². The number of aromatic nitrogens is 2. The lowest BCUT2D eigenvalue weighted by Crippen LogP contribution is -2.06. The van der Waals surface area contributed by atoms with E-state index >= 15 is 0 Å². The maximum Gasteiger partial charge on any atom is 0.354 e. The number of hydrogen-bond donors (Lipinski definition) is 1. The van der Waals surface area contributed by atoms with Crippen LogP contribution in [0.5, 0.6) is 0 Å². The second-order valence-electron chi connectivity index (χ2n) is 3.24. The summed E-state index contributed by atoms with van der Waals surface area (Å²) in [6, 6.07) is 7.58. The van der Waals surface area contributed by atoms with Crippen molar-refractivity contribution in [2.24, 2.45) is 0 Å². The Kier molecular flexibility index (Phi) is 2.25. The van der Waals surface area contributed by atoms with Crippen LogP contribution >= 0.6 is 0 Å². The van der Waals surface area contributed by atoms with Crippen LogP contribution in [0, 0.1) is 6.92 Å². The molecule has 76 valence electrons. The van der Waals surface area contributed by atoms with Gasteiger partial charge < -0.3 is 5.11 Å². The van der Waals surface area contributed by atoms with E-state index in [4.69, 9.17) is 5.11 Å². The van der Waals surface area contributed by atoms with Crippen molar-refractivity contribution >= 4 is 5.97 Å². The van der Waals surface area contributed by atoms with Gasteiger partial charge in [-0.2, -0.15) is 0 Å². The van der Waals surface area contributed by atoms with Crippen molar-refractivity contribution < 1.29 is 9.90 Å². The van der Waals surface area contributed by atoms with E-state index in [9.17, 15) is 4.79 Å². The zero-order valence-electron chi connectivity index (χ0n) is 8.21. The predicted molar refractivity (Wildman–Crippen MR) is 55.3 cm³/mol. The average Bonchev–Trinajstić information content (AvgIpc) is 2.67. The summed E-state index contributed by atoms with van der Waals surface area (Å²) in [5.41, 5.74) is 2.02. The number of benzene rings is 1. The minimum atomic E-state index is -0.976. The second kappa shape index (κ2) is 3.57. The standard InChI is InChI=1S/C11H10N2O2/c1-8-4-2-3-5-9(8)13-7-12-6-10(13)11(14)15/h2-7H,1H3,(H,14,15). The molecule has 2 aromatic rings. The monoisotopic (exact) mass is 202 g/mol. The molecule has 0 unspecified atom stereocenters. The number of aryl methyl sites for hydroxylation is 1.